The Balaban J connectivity index is 0.000000344. The Kier molecular flexibility index (Phi) is 6.60. The van der Waals surface area contributed by atoms with E-state index in [9.17, 15) is 18.0 Å². The molecule has 1 saturated heterocycles. The summed E-state index contributed by atoms with van der Waals surface area (Å²) in [5.41, 5.74) is 3.81. The monoisotopic (exact) mass is 493 g/mol. The lowest BCUT2D eigenvalue weighted by Gasteiger charge is -2.20. The van der Waals surface area contributed by atoms with E-state index in [1.165, 1.54) is 12.8 Å². The zero-order valence-electron chi connectivity index (χ0n) is 18.2. The number of carboxylic acid groups (broad SMARTS) is 1. The highest BCUT2D eigenvalue weighted by molar-refractivity contribution is 7.16. The van der Waals surface area contributed by atoms with E-state index >= 15 is 0 Å². The Morgan fingerprint density at radius 2 is 1.76 bits per heavy atom. The van der Waals surface area contributed by atoms with E-state index in [0.717, 1.165) is 39.9 Å². The van der Waals surface area contributed by atoms with Gasteiger partial charge in [-0.2, -0.15) is 18.3 Å². The van der Waals surface area contributed by atoms with Crippen molar-refractivity contribution in [2.75, 3.05) is 18.0 Å². The number of nitrogens with zero attached hydrogens (tertiary/aromatic N) is 5. The van der Waals surface area contributed by atoms with Crippen LogP contribution in [-0.4, -0.2) is 55.9 Å². The van der Waals surface area contributed by atoms with E-state index in [1.54, 1.807) is 22.1 Å². The molecule has 0 unspecified atom stereocenters. The maximum Gasteiger partial charge on any atom is 0.490 e. The second-order valence-corrected chi connectivity index (χ2v) is 9.02. The number of amides is 1. The fourth-order valence-electron chi connectivity index (χ4n) is 3.86. The van der Waals surface area contributed by atoms with Crippen LogP contribution in [0.1, 0.15) is 33.8 Å². The van der Waals surface area contributed by atoms with Gasteiger partial charge in [0.2, 0.25) is 0 Å². The zero-order valence-corrected chi connectivity index (χ0v) is 19.1. The van der Waals surface area contributed by atoms with Crippen molar-refractivity contribution in [3.05, 3.63) is 52.7 Å². The van der Waals surface area contributed by atoms with Crippen LogP contribution in [0.15, 0.2) is 36.5 Å². The van der Waals surface area contributed by atoms with Gasteiger partial charge in [0.15, 0.2) is 5.13 Å². The number of carbonyl (C=O) groups excluding carboxylic acids is 1. The Morgan fingerprint density at radius 3 is 2.38 bits per heavy atom. The van der Waals surface area contributed by atoms with Crippen molar-refractivity contribution in [2.45, 2.75) is 32.1 Å². The number of alkyl halides is 3. The fourth-order valence-corrected chi connectivity index (χ4v) is 5.00. The molecule has 0 aliphatic carbocycles. The van der Waals surface area contributed by atoms with Crippen molar-refractivity contribution in [3.63, 3.8) is 0 Å². The molecule has 4 heterocycles. The molecule has 34 heavy (non-hydrogen) atoms. The molecule has 1 amide bonds. The number of hydrogen-bond acceptors (Lipinski definition) is 6. The van der Waals surface area contributed by atoms with Gasteiger partial charge in [-0.3, -0.25) is 9.48 Å². The number of hydrogen-bond donors (Lipinski definition) is 1. The van der Waals surface area contributed by atoms with E-state index in [2.05, 4.69) is 22.1 Å². The van der Waals surface area contributed by atoms with Crippen molar-refractivity contribution < 1.29 is 27.9 Å². The van der Waals surface area contributed by atoms with Crippen LogP contribution in [-0.2, 0) is 24.9 Å². The quantitative estimate of drug-likeness (QED) is 0.582. The second kappa shape index (κ2) is 9.45. The van der Waals surface area contributed by atoms with Gasteiger partial charge in [-0.15, -0.1) is 0 Å². The molecule has 1 N–H and O–H groups in total. The van der Waals surface area contributed by atoms with E-state index in [0.29, 0.717) is 18.8 Å². The Morgan fingerprint density at radius 1 is 1.09 bits per heavy atom. The summed E-state index contributed by atoms with van der Waals surface area (Å²) in [6, 6.07) is 10.1. The molecule has 2 aromatic heterocycles. The first-order valence-electron chi connectivity index (χ1n) is 10.6. The minimum atomic E-state index is -5.08. The van der Waals surface area contributed by atoms with Crippen molar-refractivity contribution in [2.24, 2.45) is 7.05 Å². The Bertz CT molecular complexity index is 1200. The number of carboxylic acids is 1. The lowest BCUT2D eigenvalue weighted by Crippen LogP contribution is -2.29. The van der Waals surface area contributed by atoms with Gasteiger partial charge < -0.3 is 14.9 Å². The summed E-state index contributed by atoms with van der Waals surface area (Å²) in [5, 5.41) is 12.5. The molecule has 0 atom stereocenters. The molecule has 12 heteroatoms. The number of rotatable bonds is 2. The van der Waals surface area contributed by atoms with Crippen molar-refractivity contribution in [1.29, 1.82) is 0 Å². The molecule has 1 aromatic carbocycles. The van der Waals surface area contributed by atoms with Crippen molar-refractivity contribution in [3.8, 4) is 11.3 Å². The highest BCUT2D eigenvalue weighted by Gasteiger charge is 2.38. The molecule has 2 aliphatic rings. The molecule has 0 saturated carbocycles. The van der Waals surface area contributed by atoms with Gasteiger partial charge in [-0.25, -0.2) is 9.78 Å². The molecule has 0 bridgehead atoms. The molecular weight excluding hydrogens is 471 g/mol. The maximum atomic E-state index is 13.1. The van der Waals surface area contributed by atoms with Crippen molar-refractivity contribution in [1.82, 2.24) is 19.7 Å². The van der Waals surface area contributed by atoms with Crippen molar-refractivity contribution >= 4 is 28.3 Å². The number of fused-ring (bicyclic) bond motifs is 3. The molecule has 8 nitrogen and oxygen atoms in total. The average Bonchev–Trinajstić information content (AvgIpc) is 3.53. The third-order valence-corrected chi connectivity index (χ3v) is 6.59. The number of thiazole rings is 1. The summed E-state index contributed by atoms with van der Waals surface area (Å²) in [5.74, 6) is -2.79. The van der Waals surface area contributed by atoms with Crippen LogP contribution in [0, 0.1) is 0 Å². The summed E-state index contributed by atoms with van der Waals surface area (Å²) in [4.78, 5) is 32.4. The summed E-state index contributed by atoms with van der Waals surface area (Å²) >= 11 is 1.73. The SMILES string of the molecule is Cn1ccc(C(=O)N2Cc3ccccc3-c3nc(N4CCCC4)sc3C2)n1.O=C(O)C(F)(F)F. The maximum absolute atomic E-state index is 13.1. The highest BCUT2D eigenvalue weighted by atomic mass is 32.1. The second-order valence-electron chi connectivity index (χ2n) is 7.96. The summed E-state index contributed by atoms with van der Waals surface area (Å²) in [6.45, 7) is 3.30. The van der Waals surface area contributed by atoms with Crippen LogP contribution in [0.25, 0.3) is 11.3 Å². The molecule has 5 rings (SSSR count). The molecule has 3 aromatic rings. The molecule has 0 radical (unpaired) electrons. The Labute approximate surface area is 197 Å². The standard InChI is InChI=1S/C20H21N5OS.C2HF3O2/c1-23-11-8-16(22-23)19(26)25-12-14-6-2-3-7-15(14)18-17(13-25)27-20(21-18)24-9-4-5-10-24;3-2(4,5)1(6)7/h2-3,6-8,11H,4-5,9-10,12-13H2,1H3;(H,6,7). The fraction of sp³-hybridized carbons (Fsp3) is 0.364. The van der Waals surface area contributed by atoms with E-state index in [-0.39, 0.29) is 5.91 Å². The first-order chi connectivity index (χ1) is 16.1. The summed E-state index contributed by atoms with van der Waals surface area (Å²) in [7, 11) is 1.83. The zero-order chi connectivity index (χ0) is 24.5. The highest BCUT2D eigenvalue weighted by Crippen LogP contribution is 2.39. The minimum absolute atomic E-state index is 0.0330. The first kappa shape index (κ1) is 23.7. The number of carbonyl (C=O) groups is 2. The van der Waals surface area contributed by atoms with E-state index < -0.39 is 12.1 Å². The topological polar surface area (TPSA) is 91.6 Å². The van der Waals surface area contributed by atoms with E-state index in [4.69, 9.17) is 14.9 Å². The van der Waals surface area contributed by atoms with Crippen LogP contribution in [0.4, 0.5) is 18.3 Å². The molecule has 1 fully saturated rings. The van der Waals surface area contributed by atoms with Gasteiger partial charge in [-0.1, -0.05) is 35.6 Å². The number of halogens is 3. The Hall–Kier alpha value is -3.41. The van der Waals surface area contributed by atoms with Crippen LogP contribution in [0.5, 0.6) is 0 Å². The lowest BCUT2D eigenvalue weighted by molar-refractivity contribution is -0.192. The van der Waals surface area contributed by atoms with Gasteiger partial charge >= 0.3 is 12.1 Å². The summed E-state index contributed by atoms with van der Waals surface area (Å²) < 4.78 is 33.4. The summed E-state index contributed by atoms with van der Waals surface area (Å²) in [6.07, 6.45) is -0.821. The largest absolute Gasteiger partial charge is 0.490 e. The first-order valence-corrected chi connectivity index (χ1v) is 11.4. The van der Waals surface area contributed by atoms with Gasteiger partial charge in [-0.05, 0) is 24.5 Å². The molecule has 2 aliphatic heterocycles. The normalized spacial score (nSPS) is 15.2. The number of aliphatic carboxylic acids is 1. The predicted octanol–water partition coefficient (Wildman–Crippen LogP) is 3.93. The third kappa shape index (κ3) is 5.06. The lowest BCUT2D eigenvalue weighted by atomic mass is 10.1. The van der Waals surface area contributed by atoms with Gasteiger partial charge in [0.05, 0.1) is 17.1 Å². The van der Waals surface area contributed by atoms with E-state index in [1.807, 2.05) is 30.3 Å². The van der Waals surface area contributed by atoms with Gasteiger partial charge in [0.1, 0.15) is 5.69 Å². The number of benzene rings is 1. The third-order valence-electron chi connectivity index (χ3n) is 5.49. The number of aromatic nitrogens is 3. The molecule has 0 spiro atoms. The minimum Gasteiger partial charge on any atom is -0.475 e. The smallest absolute Gasteiger partial charge is 0.475 e. The van der Waals surface area contributed by atoms with Gasteiger partial charge in [0, 0.05) is 38.4 Å². The predicted molar refractivity (Wildman–Crippen MR) is 119 cm³/mol. The molecular formula is C22H22F3N5O3S. The van der Waals surface area contributed by atoms with Crippen LogP contribution in [0.3, 0.4) is 0 Å². The molecule has 180 valence electrons. The van der Waals surface area contributed by atoms with Crippen LogP contribution < -0.4 is 4.90 Å². The van der Waals surface area contributed by atoms with Crippen LogP contribution >= 0.6 is 11.3 Å². The number of aryl methyl sites for hydroxylation is 1. The average molecular weight is 494 g/mol. The number of anilines is 1. The van der Waals surface area contributed by atoms with Crippen LogP contribution in [0.2, 0.25) is 0 Å². The van der Waals surface area contributed by atoms with Gasteiger partial charge in [0.25, 0.3) is 5.91 Å².